The Morgan fingerprint density at radius 2 is 2.25 bits per heavy atom. The lowest BCUT2D eigenvalue weighted by molar-refractivity contribution is 0.331. The molecular weight excluding hydrogens is 108 g/mol. The van der Waals surface area contributed by atoms with Crippen molar-refractivity contribution >= 4 is 0 Å². The van der Waals surface area contributed by atoms with Crippen molar-refractivity contribution in [3.05, 3.63) is 12.4 Å². The highest BCUT2D eigenvalue weighted by Crippen LogP contribution is 2.08. The van der Waals surface area contributed by atoms with Gasteiger partial charge in [-0.3, -0.25) is 5.11 Å². The average molecular weight is 111 g/mol. The minimum atomic E-state index is -0.475. The van der Waals surface area contributed by atoms with Crippen LogP contribution in [0.1, 0.15) is 0 Å². The minimum Gasteiger partial charge on any atom is -0.493 e. The zero-order valence-corrected chi connectivity index (χ0v) is 3.90. The fraction of sp³-hybridized carbons (Fsp3) is 0. The van der Waals surface area contributed by atoms with Crippen molar-refractivity contribution in [1.82, 2.24) is 9.97 Å². The Kier molecular flexibility index (Phi) is 0.997. The van der Waals surface area contributed by atoms with Gasteiger partial charge in [0.25, 0.3) is 5.88 Å². The first kappa shape index (κ1) is 4.83. The predicted molar refractivity (Wildman–Crippen MR) is 23.8 cm³/mol. The molecule has 1 N–H and O–H groups in total. The molecule has 1 rings (SSSR count). The van der Waals surface area contributed by atoms with E-state index in [-0.39, 0.29) is 5.88 Å². The molecule has 1 aromatic rings. The Hall–Kier alpha value is -1.32. The van der Waals surface area contributed by atoms with Crippen LogP contribution in [0.2, 0.25) is 0 Å². The summed E-state index contributed by atoms with van der Waals surface area (Å²) in [6, 6.07) is 0.944. The number of nitrogens with zero attached hydrogens (tertiary/aromatic N) is 2. The summed E-state index contributed by atoms with van der Waals surface area (Å²) < 4.78 is 0. The maximum absolute atomic E-state index is 10.2. The molecule has 0 aliphatic rings. The van der Waals surface area contributed by atoms with Gasteiger partial charge in [0.1, 0.15) is 6.33 Å². The molecule has 8 heavy (non-hydrogen) atoms. The highest BCUT2D eigenvalue weighted by Gasteiger charge is 1.91. The van der Waals surface area contributed by atoms with Crippen LogP contribution >= 0.6 is 0 Å². The van der Waals surface area contributed by atoms with Crippen LogP contribution in [-0.4, -0.2) is 15.1 Å². The number of aromatic nitrogens is 2. The quantitative estimate of drug-likeness (QED) is 0.524. The van der Waals surface area contributed by atoms with Gasteiger partial charge in [0.2, 0.25) is 5.88 Å². The molecule has 0 unspecified atom stereocenters. The second-order valence-corrected chi connectivity index (χ2v) is 1.21. The van der Waals surface area contributed by atoms with E-state index in [4.69, 9.17) is 5.11 Å². The Morgan fingerprint density at radius 1 is 1.50 bits per heavy atom. The molecule has 1 aromatic heterocycles. The summed E-state index contributed by atoms with van der Waals surface area (Å²) >= 11 is 0. The third-order valence-corrected chi connectivity index (χ3v) is 0.628. The third kappa shape index (κ3) is 0.841. The lowest BCUT2D eigenvalue weighted by Crippen LogP contribution is -1.74. The van der Waals surface area contributed by atoms with E-state index >= 15 is 0 Å². The van der Waals surface area contributed by atoms with Gasteiger partial charge in [0.15, 0.2) is 0 Å². The number of hydrogen-bond donors (Lipinski definition) is 1. The molecule has 0 saturated carbocycles. The molecule has 4 heteroatoms. The molecule has 4 nitrogen and oxygen atoms in total. The van der Waals surface area contributed by atoms with Gasteiger partial charge >= 0.3 is 0 Å². The van der Waals surface area contributed by atoms with Crippen LogP contribution in [0.4, 0.5) is 0 Å². The summed E-state index contributed by atoms with van der Waals surface area (Å²) in [5.41, 5.74) is 0. The van der Waals surface area contributed by atoms with E-state index in [1.807, 2.05) is 0 Å². The average Bonchev–Trinajstić information content (AvgIpc) is 1.64. The van der Waals surface area contributed by atoms with Crippen LogP contribution in [0.15, 0.2) is 12.4 Å². The second kappa shape index (κ2) is 1.65. The summed E-state index contributed by atoms with van der Waals surface area (Å²) in [6.07, 6.45) is 1.01. The van der Waals surface area contributed by atoms with E-state index in [0.717, 1.165) is 12.4 Å². The Balaban J connectivity index is 3.08. The molecule has 0 atom stereocenters. The summed E-state index contributed by atoms with van der Waals surface area (Å²) in [6.45, 7) is 0. The van der Waals surface area contributed by atoms with Gasteiger partial charge in [-0.15, -0.1) is 0 Å². The monoisotopic (exact) mass is 111 g/mol. The van der Waals surface area contributed by atoms with Gasteiger partial charge < -0.3 is 5.11 Å². The SMILES string of the molecule is [O]c1cc(O)ncn1. The van der Waals surface area contributed by atoms with Crippen molar-refractivity contribution < 1.29 is 10.2 Å². The van der Waals surface area contributed by atoms with Crippen molar-refractivity contribution in [3.8, 4) is 11.8 Å². The zero-order chi connectivity index (χ0) is 5.98. The maximum atomic E-state index is 10.2. The van der Waals surface area contributed by atoms with Gasteiger partial charge in [0.05, 0.1) is 6.07 Å². The summed E-state index contributed by atoms with van der Waals surface area (Å²) in [4.78, 5) is 6.50. The van der Waals surface area contributed by atoms with E-state index in [9.17, 15) is 5.11 Å². The molecule has 0 amide bonds. The minimum absolute atomic E-state index is 0.287. The zero-order valence-electron chi connectivity index (χ0n) is 3.90. The molecule has 1 radical (unpaired) electrons. The largest absolute Gasteiger partial charge is 0.493 e. The molecule has 0 aliphatic carbocycles. The van der Waals surface area contributed by atoms with Crippen molar-refractivity contribution in [2.24, 2.45) is 0 Å². The molecular formula is C4H3N2O2. The summed E-state index contributed by atoms with van der Waals surface area (Å²) in [5, 5.41) is 18.6. The molecule has 0 aromatic carbocycles. The van der Waals surface area contributed by atoms with Gasteiger partial charge in [-0.05, 0) is 0 Å². The van der Waals surface area contributed by atoms with E-state index in [1.165, 1.54) is 0 Å². The van der Waals surface area contributed by atoms with Crippen LogP contribution in [-0.2, 0) is 5.11 Å². The lowest BCUT2D eigenvalue weighted by Gasteiger charge is -1.84. The standard InChI is InChI=1S/C4H3N2O2/c7-3-1-4(8)6-2-5-3/h1-2H,(H,5,6,7). The lowest BCUT2D eigenvalue weighted by atomic mass is 10.6. The molecule has 41 valence electrons. The van der Waals surface area contributed by atoms with Crippen molar-refractivity contribution in [2.45, 2.75) is 0 Å². The first-order valence-electron chi connectivity index (χ1n) is 1.97. The van der Waals surface area contributed by atoms with E-state index in [2.05, 4.69) is 9.97 Å². The Morgan fingerprint density at radius 3 is 2.62 bits per heavy atom. The second-order valence-electron chi connectivity index (χ2n) is 1.21. The third-order valence-electron chi connectivity index (χ3n) is 0.628. The molecule has 0 bridgehead atoms. The highest BCUT2D eigenvalue weighted by molar-refractivity contribution is 5.14. The van der Waals surface area contributed by atoms with Gasteiger partial charge in [-0.25, -0.2) is 4.98 Å². The predicted octanol–water partition coefficient (Wildman–Crippen LogP) is 0.326. The van der Waals surface area contributed by atoms with Crippen molar-refractivity contribution in [3.63, 3.8) is 0 Å². The Labute approximate surface area is 45.5 Å². The van der Waals surface area contributed by atoms with E-state index < -0.39 is 5.88 Å². The van der Waals surface area contributed by atoms with E-state index in [1.54, 1.807) is 0 Å². The van der Waals surface area contributed by atoms with Crippen LogP contribution in [0, 0.1) is 0 Å². The van der Waals surface area contributed by atoms with Crippen LogP contribution in [0.3, 0.4) is 0 Å². The first-order chi connectivity index (χ1) is 3.79. The fourth-order valence-corrected chi connectivity index (χ4v) is 0.330. The number of aromatic hydroxyl groups is 1. The van der Waals surface area contributed by atoms with Gasteiger partial charge in [-0.1, -0.05) is 0 Å². The summed E-state index contributed by atoms with van der Waals surface area (Å²) in [5.74, 6) is -0.762. The molecule has 0 spiro atoms. The van der Waals surface area contributed by atoms with Crippen molar-refractivity contribution in [2.75, 3.05) is 0 Å². The molecule has 1 heterocycles. The topological polar surface area (TPSA) is 65.9 Å². The number of hydrogen-bond acceptors (Lipinski definition) is 3. The van der Waals surface area contributed by atoms with Crippen LogP contribution in [0.25, 0.3) is 0 Å². The molecule has 0 saturated heterocycles. The first-order valence-corrected chi connectivity index (χ1v) is 1.97. The summed E-state index contributed by atoms with van der Waals surface area (Å²) in [7, 11) is 0. The van der Waals surface area contributed by atoms with Gasteiger partial charge in [0, 0.05) is 0 Å². The maximum Gasteiger partial charge on any atom is 0.276 e. The van der Waals surface area contributed by atoms with Gasteiger partial charge in [-0.2, -0.15) is 4.98 Å². The van der Waals surface area contributed by atoms with E-state index in [0.29, 0.717) is 0 Å². The molecule has 0 aliphatic heterocycles. The highest BCUT2D eigenvalue weighted by atomic mass is 16.3. The van der Waals surface area contributed by atoms with Crippen LogP contribution in [0.5, 0.6) is 11.8 Å². The Bertz CT molecular complexity index is 172. The number of rotatable bonds is 0. The molecule has 0 fully saturated rings. The van der Waals surface area contributed by atoms with Crippen LogP contribution < -0.4 is 0 Å². The smallest absolute Gasteiger partial charge is 0.276 e. The van der Waals surface area contributed by atoms with Crippen molar-refractivity contribution in [1.29, 1.82) is 0 Å². The normalized spacial score (nSPS) is 9.00. The fourth-order valence-electron chi connectivity index (χ4n) is 0.330.